The number of hydrogen-bond donors (Lipinski definition) is 0. The zero-order valence-corrected chi connectivity index (χ0v) is 18.8. The molecule has 8 saturated carbocycles. The van der Waals surface area contributed by atoms with E-state index < -0.39 is 0 Å². The molecule has 0 saturated heterocycles. The Labute approximate surface area is 178 Å². The van der Waals surface area contributed by atoms with Gasteiger partial charge in [0.1, 0.15) is 0 Å². The van der Waals surface area contributed by atoms with Gasteiger partial charge in [-0.2, -0.15) is 0 Å². The van der Waals surface area contributed by atoms with Crippen molar-refractivity contribution in [3.8, 4) is 0 Å². The van der Waals surface area contributed by atoms with Crippen molar-refractivity contribution in [2.24, 2.45) is 58.2 Å². The van der Waals surface area contributed by atoms with Crippen molar-refractivity contribution in [2.75, 3.05) is 0 Å². The van der Waals surface area contributed by atoms with Gasteiger partial charge in [0.25, 0.3) is 0 Å². The molecule has 1 heteroatoms. The van der Waals surface area contributed by atoms with E-state index in [4.69, 9.17) is 4.74 Å². The van der Waals surface area contributed by atoms with Crippen LogP contribution in [0, 0.1) is 58.2 Å². The fraction of sp³-hybridized carbons (Fsp3) is 0.857. The Kier molecular flexibility index (Phi) is 4.52. The van der Waals surface area contributed by atoms with Gasteiger partial charge in [0, 0.05) is 0 Å². The lowest BCUT2D eigenvalue weighted by atomic mass is 9.44. The van der Waals surface area contributed by atoms with Crippen molar-refractivity contribution in [3.05, 3.63) is 24.7 Å². The van der Waals surface area contributed by atoms with E-state index in [1.807, 2.05) is 0 Å². The molecule has 1 nitrogen and oxygen atoms in total. The molecule has 0 aliphatic heterocycles. The van der Waals surface area contributed by atoms with Gasteiger partial charge in [0.15, 0.2) is 0 Å². The lowest BCUT2D eigenvalue weighted by Crippen LogP contribution is -2.51. The highest BCUT2D eigenvalue weighted by Crippen LogP contribution is 2.65. The van der Waals surface area contributed by atoms with E-state index in [0.717, 1.165) is 47.3 Å². The lowest BCUT2D eigenvalue weighted by Gasteiger charge is -2.60. The highest BCUT2D eigenvalue weighted by atomic mass is 16.5. The molecule has 8 rings (SSSR count). The number of ether oxygens (including phenoxy) is 1. The van der Waals surface area contributed by atoms with E-state index in [1.165, 1.54) is 64.2 Å². The maximum atomic E-state index is 6.14. The predicted molar refractivity (Wildman–Crippen MR) is 119 cm³/mol. The average molecular weight is 395 g/mol. The van der Waals surface area contributed by atoms with Crippen LogP contribution in [0.3, 0.4) is 0 Å². The molecule has 29 heavy (non-hydrogen) atoms. The van der Waals surface area contributed by atoms with Gasteiger partial charge in [0.2, 0.25) is 0 Å². The minimum atomic E-state index is 0.437. The molecule has 0 amide bonds. The first-order valence-electron chi connectivity index (χ1n) is 13.2. The summed E-state index contributed by atoms with van der Waals surface area (Å²) in [5.41, 5.74) is 0.874. The molecule has 0 unspecified atom stereocenters. The van der Waals surface area contributed by atoms with E-state index in [9.17, 15) is 0 Å². The summed E-state index contributed by atoms with van der Waals surface area (Å²) in [6.07, 6.45) is 26.9. The summed E-state index contributed by atoms with van der Waals surface area (Å²) in [7, 11) is 0. The van der Waals surface area contributed by atoms with Crippen LogP contribution in [0.2, 0.25) is 0 Å². The van der Waals surface area contributed by atoms with Crippen molar-refractivity contribution in [1.82, 2.24) is 0 Å². The van der Waals surface area contributed by atoms with E-state index >= 15 is 0 Å². The van der Waals surface area contributed by atoms with Crippen LogP contribution in [-0.4, -0.2) is 0 Å². The summed E-state index contributed by atoms with van der Waals surface area (Å²) in [4.78, 5) is 0. The second-order valence-corrected chi connectivity index (χ2v) is 12.3. The third kappa shape index (κ3) is 2.77. The second-order valence-electron chi connectivity index (χ2n) is 12.3. The number of rotatable bonds is 6. The molecule has 0 aromatic carbocycles. The summed E-state index contributed by atoms with van der Waals surface area (Å²) < 4.78 is 6.14. The van der Waals surface area contributed by atoms with E-state index in [0.29, 0.717) is 10.8 Å². The van der Waals surface area contributed by atoms with Crippen molar-refractivity contribution in [3.63, 3.8) is 0 Å². The molecule has 0 aromatic heterocycles. The first-order valence-corrected chi connectivity index (χ1v) is 13.2. The Hall–Kier alpha value is -0.720. The maximum absolute atomic E-state index is 6.14. The minimum Gasteiger partial charge on any atom is -0.473 e. The molecule has 0 radical (unpaired) electrons. The molecule has 8 aliphatic rings. The molecule has 0 heterocycles. The van der Waals surface area contributed by atoms with Gasteiger partial charge < -0.3 is 4.74 Å². The normalized spacial score (nSPS) is 54.8. The van der Waals surface area contributed by atoms with Crippen LogP contribution >= 0.6 is 0 Å². The van der Waals surface area contributed by atoms with Crippen molar-refractivity contribution in [2.45, 2.75) is 90.9 Å². The van der Waals surface area contributed by atoms with Gasteiger partial charge >= 0.3 is 0 Å². The molecule has 0 atom stereocenters. The zero-order chi connectivity index (χ0) is 19.6. The second kappa shape index (κ2) is 6.89. The van der Waals surface area contributed by atoms with Gasteiger partial charge in [-0.25, -0.2) is 0 Å². The Morgan fingerprint density at radius 1 is 0.552 bits per heavy atom. The monoisotopic (exact) mass is 394 g/mol. The zero-order valence-electron chi connectivity index (χ0n) is 18.8. The molecular formula is C28H42O. The van der Waals surface area contributed by atoms with Gasteiger partial charge in [-0.1, -0.05) is 13.8 Å². The van der Waals surface area contributed by atoms with Crippen molar-refractivity contribution >= 4 is 0 Å². The molecule has 0 spiro atoms. The van der Waals surface area contributed by atoms with Crippen LogP contribution < -0.4 is 0 Å². The largest absolute Gasteiger partial charge is 0.473 e. The van der Waals surface area contributed by atoms with Crippen LogP contribution in [0.5, 0.6) is 0 Å². The van der Waals surface area contributed by atoms with Crippen molar-refractivity contribution in [1.29, 1.82) is 0 Å². The third-order valence-electron chi connectivity index (χ3n) is 11.5. The SMILES string of the molecule is CCC1(C=COC=CC2(CC)C3CC4CC(C3)CC2C4)C2CC3CC(C2)CC1C3. The fourth-order valence-electron chi connectivity index (χ4n) is 10.4. The van der Waals surface area contributed by atoms with Crippen LogP contribution in [0.25, 0.3) is 0 Å². The van der Waals surface area contributed by atoms with Crippen LogP contribution in [0.1, 0.15) is 90.9 Å². The maximum Gasteiger partial charge on any atom is 0.0867 e. The lowest BCUT2D eigenvalue weighted by molar-refractivity contribution is -0.0842. The Balaban J connectivity index is 1.16. The molecule has 0 aromatic rings. The molecule has 8 aliphatic carbocycles. The summed E-state index contributed by atoms with van der Waals surface area (Å²) in [6, 6.07) is 0. The molecular weight excluding hydrogens is 352 g/mol. The Bertz CT molecular complexity index is 570. The first-order chi connectivity index (χ1) is 14.1. The van der Waals surface area contributed by atoms with Gasteiger partial charge in [-0.15, -0.1) is 0 Å². The minimum absolute atomic E-state index is 0.437. The topological polar surface area (TPSA) is 9.23 Å². The quantitative estimate of drug-likeness (QED) is 0.419. The number of hydrogen-bond acceptors (Lipinski definition) is 1. The van der Waals surface area contributed by atoms with Gasteiger partial charge in [-0.05, 0) is 147 Å². The predicted octanol–water partition coefficient (Wildman–Crippen LogP) is 7.74. The Morgan fingerprint density at radius 2 is 0.862 bits per heavy atom. The van der Waals surface area contributed by atoms with E-state index in [-0.39, 0.29) is 0 Å². The average Bonchev–Trinajstić information content (AvgIpc) is 2.71. The highest BCUT2D eigenvalue weighted by molar-refractivity contribution is 5.15. The first kappa shape index (κ1) is 19.0. The molecule has 0 N–H and O–H groups in total. The Morgan fingerprint density at radius 3 is 1.14 bits per heavy atom. The standard InChI is InChI=1S/C28H42O/c1-3-27(23-11-19-9-20(13-23)14-24(27)12-19)5-7-29-8-6-28(4-2)25-15-21-10-22(17-25)18-26(28)16-21/h5-8,19-26H,3-4,9-18H2,1-2H3. The van der Waals surface area contributed by atoms with Gasteiger partial charge in [0.05, 0.1) is 12.5 Å². The number of allylic oxidation sites excluding steroid dienone is 2. The van der Waals surface area contributed by atoms with E-state index in [1.54, 1.807) is 12.8 Å². The van der Waals surface area contributed by atoms with Crippen molar-refractivity contribution < 1.29 is 4.74 Å². The smallest absolute Gasteiger partial charge is 0.0867 e. The molecule has 160 valence electrons. The van der Waals surface area contributed by atoms with E-state index in [2.05, 4.69) is 38.5 Å². The van der Waals surface area contributed by atoms with Crippen LogP contribution in [0.4, 0.5) is 0 Å². The summed E-state index contributed by atoms with van der Waals surface area (Å²) in [5.74, 6) is 7.91. The summed E-state index contributed by atoms with van der Waals surface area (Å²) in [6.45, 7) is 4.87. The van der Waals surface area contributed by atoms with Crippen LogP contribution in [-0.2, 0) is 4.74 Å². The van der Waals surface area contributed by atoms with Crippen LogP contribution in [0.15, 0.2) is 24.7 Å². The molecule has 8 fully saturated rings. The third-order valence-corrected chi connectivity index (χ3v) is 11.5. The fourth-order valence-corrected chi connectivity index (χ4v) is 10.4. The summed E-state index contributed by atoms with van der Waals surface area (Å²) in [5, 5.41) is 0. The van der Waals surface area contributed by atoms with Gasteiger partial charge in [-0.3, -0.25) is 0 Å². The molecule has 8 bridgehead atoms. The highest BCUT2D eigenvalue weighted by Gasteiger charge is 2.56. The summed E-state index contributed by atoms with van der Waals surface area (Å²) >= 11 is 0.